The number of aryl methyl sites for hydroxylation is 2. The van der Waals surface area contributed by atoms with E-state index in [-0.39, 0.29) is 27.9 Å². The summed E-state index contributed by atoms with van der Waals surface area (Å²) in [5, 5.41) is 2.64. The molecule has 0 saturated heterocycles. The predicted molar refractivity (Wildman–Crippen MR) is 125 cm³/mol. The number of methoxy groups -OCH3 is 1. The number of carbonyl (C=O) groups is 1. The molecule has 0 atom stereocenters. The molecule has 0 aliphatic rings. The SMILES string of the molecule is COc1ccccc1NS(=O)(=O)c1cc(NC(=O)COc2cc(C)ccc2C)ccc1Cl. The lowest BCUT2D eigenvalue weighted by Crippen LogP contribution is -2.21. The van der Waals surface area contributed by atoms with E-state index in [0.29, 0.717) is 11.5 Å². The van der Waals surface area contributed by atoms with Gasteiger partial charge in [-0.15, -0.1) is 0 Å². The summed E-state index contributed by atoms with van der Waals surface area (Å²) in [6.07, 6.45) is 0. The molecule has 168 valence electrons. The molecule has 3 aromatic carbocycles. The summed E-state index contributed by atoms with van der Waals surface area (Å²) in [5.41, 5.74) is 2.46. The van der Waals surface area contributed by atoms with Crippen molar-refractivity contribution in [3.63, 3.8) is 0 Å². The van der Waals surface area contributed by atoms with E-state index < -0.39 is 15.9 Å². The van der Waals surface area contributed by atoms with Gasteiger partial charge in [-0.25, -0.2) is 8.42 Å². The summed E-state index contributed by atoms with van der Waals surface area (Å²) in [6.45, 7) is 3.59. The fourth-order valence-electron chi connectivity index (χ4n) is 2.92. The van der Waals surface area contributed by atoms with Gasteiger partial charge >= 0.3 is 0 Å². The van der Waals surface area contributed by atoms with Gasteiger partial charge in [-0.3, -0.25) is 9.52 Å². The summed E-state index contributed by atoms with van der Waals surface area (Å²) >= 11 is 6.14. The molecule has 0 aliphatic heterocycles. The van der Waals surface area contributed by atoms with Crippen LogP contribution in [0, 0.1) is 13.8 Å². The molecule has 0 spiro atoms. The number of halogens is 1. The van der Waals surface area contributed by atoms with Crippen molar-refractivity contribution in [2.75, 3.05) is 23.8 Å². The molecule has 0 aromatic heterocycles. The van der Waals surface area contributed by atoms with Gasteiger partial charge < -0.3 is 14.8 Å². The van der Waals surface area contributed by atoms with E-state index >= 15 is 0 Å². The van der Waals surface area contributed by atoms with Crippen molar-refractivity contribution in [3.8, 4) is 11.5 Å². The Bertz CT molecular complexity index is 1240. The average molecular weight is 475 g/mol. The van der Waals surface area contributed by atoms with Crippen LogP contribution in [0.5, 0.6) is 11.5 Å². The van der Waals surface area contributed by atoms with E-state index in [1.54, 1.807) is 24.3 Å². The first-order valence-corrected chi connectivity index (χ1v) is 11.5. The fourth-order valence-corrected chi connectivity index (χ4v) is 4.52. The zero-order chi connectivity index (χ0) is 23.3. The van der Waals surface area contributed by atoms with E-state index in [4.69, 9.17) is 21.1 Å². The number of amides is 1. The highest BCUT2D eigenvalue weighted by Crippen LogP contribution is 2.30. The smallest absolute Gasteiger partial charge is 0.263 e. The van der Waals surface area contributed by atoms with Crippen molar-refractivity contribution in [1.82, 2.24) is 0 Å². The normalized spacial score (nSPS) is 11.0. The second kappa shape index (κ2) is 9.93. The van der Waals surface area contributed by atoms with E-state index in [1.807, 2.05) is 32.0 Å². The molecule has 0 fully saturated rings. The molecule has 1 amide bonds. The van der Waals surface area contributed by atoms with Gasteiger partial charge in [-0.05, 0) is 61.4 Å². The molecular weight excluding hydrogens is 452 g/mol. The molecule has 9 heteroatoms. The van der Waals surface area contributed by atoms with Gasteiger partial charge in [0, 0.05) is 5.69 Å². The standard InChI is InChI=1S/C23H23ClN2O5S/c1-15-8-9-16(2)21(12-15)31-14-23(27)25-17-10-11-18(24)22(13-17)32(28,29)26-19-6-4-5-7-20(19)30-3/h4-13,26H,14H2,1-3H3,(H,25,27). The number of anilines is 2. The molecule has 32 heavy (non-hydrogen) atoms. The van der Waals surface area contributed by atoms with Gasteiger partial charge in [-0.2, -0.15) is 0 Å². The average Bonchev–Trinajstić information content (AvgIpc) is 2.75. The van der Waals surface area contributed by atoms with Crippen LogP contribution in [0.15, 0.2) is 65.6 Å². The number of carbonyl (C=O) groups excluding carboxylic acids is 1. The van der Waals surface area contributed by atoms with Crippen LogP contribution in [-0.4, -0.2) is 28.0 Å². The second-order valence-electron chi connectivity index (χ2n) is 7.06. The highest BCUT2D eigenvalue weighted by Gasteiger charge is 2.21. The Kier molecular flexibility index (Phi) is 7.27. The first-order valence-electron chi connectivity index (χ1n) is 9.65. The Labute approximate surface area is 192 Å². The lowest BCUT2D eigenvalue weighted by Gasteiger charge is -2.14. The number of para-hydroxylation sites is 2. The van der Waals surface area contributed by atoms with Crippen LogP contribution in [0.3, 0.4) is 0 Å². The molecule has 0 unspecified atom stereocenters. The molecule has 0 saturated carbocycles. The highest BCUT2D eigenvalue weighted by atomic mass is 35.5. The van der Waals surface area contributed by atoms with Crippen LogP contribution in [0.25, 0.3) is 0 Å². The largest absolute Gasteiger partial charge is 0.495 e. The second-order valence-corrected chi connectivity index (χ2v) is 9.11. The summed E-state index contributed by atoms with van der Waals surface area (Å²) in [7, 11) is -2.60. The maximum Gasteiger partial charge on any atom is 0.263 e. The third kappa shape index (κ3) is 5.72. The topological polar surface area (TPSA) is 93.7 Å². The van der Waals surface area contributed by atoms with Gasteiger partial charge in [0.05, 0.1) is 17.8 Å². The summed E-state index contributed by atoms with van der Waals surface area (Å²) in [4.78, 5) is 12.2. The molecule has 2 N–H and O–H groups in total. The molecule has 0 bridgehead atoms. The maximum absolute atomic E-state index is 12.9. The summed E-state index contributed by atoms with van der Waals surface area (Å²) in [6, 6.07) is 16.5. The number of nitrogens with one attached hydrogen (secondary N) is 2. The van der Waals surface area contributed by atoms with E-state index in [0.717, 1.165) is 11.1 Å². The molecule has 0 radical (unpaired) electrons. The van der Waals surface area contributed by atoms with Crippen LogP contribution >= 0.6 is 11.6 Å². The number of benzene rings is 3. The third-order valence-corrected chi connectivity index (χ3v) is 6.41. The summed E-state index contributed by atoms with van der Waals surface area (Å²) < 4.78 is 39.1. The van der Waals surface area contributed by atoms with Crippen LogP contribution in [0.1, 0.15) is 11.1 Å². The van der Waals surface area contributed by atoms with Crippen molar-refractivity contribution in [1.29, 1.82) is 0 Å². The quantitative estimate of drug-likeness (QED) is 0.490. The highest BCUT2D eigenvalue weighted by molar-refractivity contribution is 7.92. The van der Waals surface area contributed by atoms with Crippen LogP contribution in [0.4, 0.5) is 11.4 Å². The van der Waals surface area contributed by atoms with Crippen LogP contribution in [0.2, 0.25) is 5.02 Å². The van der Waals surface area contributed by atoms with Gasteiger partial charge in [0.25, 0.3) is 15.9 Å². The Morgan fingerprint density at radius 2 is 1.75 bits per heavy atom. The summed E-state index contributed by atoms with van der Waals surface area (Å²) in [5.74, 6) is 0.537. The minimum atomic E-state index is -4.05. The Morgan fingerprint density at radius 1 is 1.00 bits per heavy atom. The third-order valence-electron chi connectivity index (χ3n) is 4.56. The monoisotopic (exact) mass is 474 g/mol. The van der Waals surface area contributed by atoms with Gasteiger partial charge in [0.1, 0.15) is 16.4 Å². The first-order chi connectivity index (χ1) is 15.2. The van der Waals surface area contributed by atoms with Crippen molar-refractivity contribution in [3.05, 3.63) is 76.8 Å². The molecule has 0 aliphatic carbocycles. The van der Waals surface area contributed by atoms with Gasteiger partial charge in [0.2, 0.25) is 0 Å². The fraction of sp³-hybridized carbons (Fsp3) is 0.174. The molecule has 3 rings (SSSR count). The molecule has 3 aromatic rings. The van der Waals surface area contributed by atoms with Gasteiger partial charge in [-0.1, -0.05) is 35.9 Å². The lowest BCUT2D eigenvalue weighted by molar-refractivity contribution is -0.118. The molecule has 0 heterocycles. The minimum absolute atomic E-state index is 0.0111. The number of sulfonamides is 1. The number of rotatable bonds is 8. The first kappa shape index (κ1) is 23.4. The van der Waals surface area contributed by atoms with Crippen molar-refractivity contribution in [2.24, 2.45) is 0 Å². The number of hydrogen-bond donors (Lipinski definition) is 2. The molecule has 7 nitrogen and oxygen atoms in total. The van der Waals surface area contributed by atoms with Crippen molar-refractivity contribution < 1.29 is 22.7 Å². The Balaban J connectivity index is 1.74. The Hall–Kier alpha value is -3.23. The zero-order valence-electron chi connectivity index (χ0n) is 17.8. The lowest BCUT2D eigenvalue weighted by atomic mass is 10.1. The number of ether oxygens (including phenoxy) is 2. The predicted octanol–water partition coefficient (Wildman–Crippen LogP) is 4.78. The van der Waals surface area contributed by atoms with E-state index in [1.165, 1.54) is 25.3 Å². The van der Waals surface area contributed by atoms with Crippen LogP contribution in [-0.2, 0) is 14.8 Å². The Morgan fingerprint density at radius 3 is 2.50 bits per heavy atom. The minimum Gasteiger partial charge on any atom is -0.495 e. The van der Waals surface area contributed by atoms with Gasteiger partial charge in [0.15, 0.2) is 6.61 Å². The zero-order valence-corrected chi connectivity index (χ0v) is 19.4. The van der Waals surface area contributed by atoms with Crippen molar-refractivity contribution in [2.45, 2.75) is 18.7 Å². The molecular formula is C23H23ClN2O5S. The van der Waals surface area contributed by atoms with E-state index in [2.05, 4.69) is 10.0 Å². The maximum atomic E-state index is 12.9. The van der Waals surface area contributed by atoms with Crippen molar-refractivity contribution >= 4 is 38.9 Å². The number of hydrogen-bond acceptors (Lipinski definition) is 5. The van der Waals surface area contributed by atoms with Crippen LogP contribution < -0.4 is 19.5 Å². The van der Waals surface area contributed by atoms with E-state index in [9.17, 15) is 13.2 Å².